The molecule has 1 amide bonds. The smallest absolute Gasteiger partial charge is 0.226 e. The quantitative estimate of drug-likeness (QED) is 0.783. The van der Waals surface area contributed by atoms with Crippen LogP contribution in [0.2, 0.25) is 0 Å². The summed E-state index contributed by atoms with van der Waals surface area (Å²) in [5.74, 6) is 1.61. The van der Waals surface area contributed by atoms with Crippen LogP contribution < -0.4 is 4.90 Å². The molecular weight excluding hydrogens is 262 g/mol. The van der Waals surface area contributed by atoms with Crippen molar-refractivity contribution < 1.29 is 4.79 Å². The van der Waals surface area contributed by atoms with E-state index < -0.39 is 0 Å². The Labute approximate surface area is 126 Å². The van der Waals surface area contributed by atoms with Gasteiger partial charge in [0.1, 0.15) is 5.82 Å². The minimum absolute atomic E-state index is 0.207. The topological polar surface area (TPSA) is 36.4 Å². The Morgan fingerprint density at radius 2 is 2.05 bits per heavy atom. The molecule has 1 saturated heterocycles. The zero-order valence-corrected chi connectivity index (χ0v) is 12.7. The first-order valence-electron chi connectivity index (χ1n) is 7.86. The van der Waals surface area contributed by atoms with E-state index in [0.717, 1.165) is 51.3 Å². The van der Waals surface area contributed by atoms with Crippen LogP contribution in [-0.4, -0.2) is 42.0 Å². The summed E-state index contributed by atoms with van der Waals surface area (Å²) in [7, 11) is 0. The van der Waals surface area contributed by atoms with Crippen LogP contribution in [0.4, 0.5) is 5.82 Å². The highest BCUT2D eigenvalue weighted by molar-refractivity contribution is 5.79. The van der Waals surface area contributed by atoms with Crippen molar-refractivity contribution >= 4 is 11.7 Å². The summed E-state index contributed by atoms with van der Waals surface area (Å²) in [5, 5.41) is 0. The molecule has 112 valence electrons. The number of carbonyl (C=O) groups excluding carboxylic acids is 1. The van der Waals surface area contributed by atoms with Crippen LogP contribution in [0.15, 0.2) is 30.5 Å². The van der Waals surface area contributed by atoms with Gasteiger partial charge in [0, 0.05) is 38.3 Å². The number of pyridine rings is 1. The van der Waals surface area contributed by atoms with Gasteiger partial charge in [-0.1, -0.05) is 18.2 Å². The number of hydrogen-bond acceptors (Lipinski definition) is 3. The van der Waals surface area contributed by atoms with Crippen molar-refractivity contribution in [3.63, 3.8) is 0 Å². The fourth-order valence-electron chi connectivity index (χ4n) is 3.22. The molecule has 0 spiro atoms. The first kappa shape index (κ1) is 14.1. The molecule has 1 aliphatic heterocycles. The molecule has 0 bridgehead atoms. The highest BCUT2D eigenvalue weighted by Gasteiger charge is 2.27. The summed E-state index contributed by atoms with van der Waals surface area (Å²) in [5.41, 5.74) is 1.20. The lowest BCUT2D eigenvalue weighted by atomic mass is 9.93. The molecule has 0 unspecified atom stereocenters. The van der Waals surface area contributed by atoms with Crippen LogP contribution in [-0.2, 0) is 4.79 Å². The van der Waals surface area contributed by atoms with Crippen molar-refractivity contribution in [1.29, 1.82) is 0 Å². The highest BCUT2D eigenvalue weighted by Crippen LogP contribution is 2.23. The van der Waals surface area contributed by atoms with Gasteiger partial charge in [-0.3, -0.25) is 4.79 Å². The second-order valence-electron chi connectivity index (χ2n) is 5.94. The number of hydrogen-bond donors (Lipinski definition) is 0. The predicted molar refractivity (Wildman–Crippen MR) is 84.2 cm³/mol. The third-order valence-corrected chi connectivity index (χ3v) is 4.49. The molecule has 0 N–H and O–H groups in total. The number of piperazine rings is 1. The molecule has 4 heteroatoms. The van der Waals surface area contributed by atoms with Gasteiger partial charge in [-0.2, -0.15) is 0 Å². The van der Waals surface area contributed by atoms with Gasteiger partial charge in [-0.15, -0.1) is 0 Å². The summed E-state index contributed by atoms with van der Waals surface area (Å²) >= 11 is 0. The van der Waals surface area contributed by atoms with E-state index in [1.165, 1.54) is 5.56 Å². The summed E-state index contributed by atoms with van der Waals surface area (Å²) < 4.78 is 0. The second-order valence-corrected chi connectivity index (χ2v) is 5.94. The van der Waals surface area contributed by atoms with E-state index in [1.807, 2.05) is 17.2 Å². The van der Waals surface area contributed by atoms with Crippen molar-refractivity contribution in [2.24, 2.45) is 5.92 Å². The summed E-state index contributed by atoms with van der Waals surface area (Å²) in [4.78, 5) is 21.3. The molecule has 1 atom stereocenters. The van der Waals surface area contributed by atoms with Crippen LogP contribution in [0.1, 0.15) is 24.8 Å². The van der Waals surface area contributed by atoms with Gasteiger partial charge < -0.3 is 9.80 Å². The third-order valence-electron chi connectivity index (χ3n) is 4.49. The lowest BCUT2D eigenvalue weighted by Crippen LogP contribution is -2.50. The van der Waals surface area contributed by atoms with Crippen LogP contribution in [0.5, 0.6) is 0 Å². The number of anilines is 1. The van der Waals surface area contributed by atoms with Crippen molar-refractivity contribution in [1.82, 2.24) is 9.88 Å². The van der Waals surface area contributed by atoms with Crippen molar-refractivity contribution in [2.75, 3.05) is 31.1 Å². The molecule has 0 aromatic carbocycles. The molecule has 1 aliphatic carbocycles. The lowest BCUT2D eigenvalue weighted by molar-refractivity contribution is -0.136. The summed E-state index contributed by atoms with van der Waals surface area (Å²) in [6.07, 6.45) is 9.15. The normalized spacial score (nSPS) is 22.4. The Hall–Kier alpha value is -1.84. The van der Waals surface area contributed by atoms with Gasteiger partial charge >= 0.3 is 0 Å². The van der Waals surface area contributed by atoms with Crippen molar-refractivity contribution in [3.05, 3.63) is 36.0 Å². The molecule has 2 heterocycles. The molecule has 1 aromatic rings. The average molecular weight is 285 g/mol. The Balaban J connectivity index is 1.59. The maximum absolute atomic E-state index is 12.5. The van der Waals surface area contributed by atoms with E-state index in [1.54, 1.807) is 0 Å². The minimum Gasteiger partial charge on any atom is -0.353 e. The van der Waals surface area contributed by atoms with E-state index in [2.05, 4.69) is 35.0 Å². The fraction of sp³-hybridized carbons (Fsp3) is 0.529. The average Bonchev–Trinajstić information content (AvgIpc) is 2.56. The van der Waals surface area contributed by atoms with Gasteiger partial charge in [0.05, 0.1) is 0 Å². The van der Waals surface area contributed by atoms with E-state index in [0.29, 0.717) is 5.91 Å². The largest absolute Gasteiger partial charge is 0.353 e. The first-order chi connectivity index (χ1) is 10.3. The van der Waals surface area contributed by atoms with Crippen LogP contribution in [0, 0.1) is 12.8 Å². The zero-order chi connectivity index (χ0) is 14.7. The van der Waals surface area contributed by atoms with Crippen molar-refractivity contribution in [3.8, 4) is 0 Å². The lowest BCUT2D eigenvalue weighted by Gasteiger charge is -2.37. The second kappa shape index (κ2) is 6.29. The molecular formula is C17H23N3O. The number of allylic oxidation sites excluding steroid dienone is 2. The maximum atomic E-state index is 12.5. The number of aromatic nitrogens is 1. The number of amides is 1. The number of rotatable bonds is 2. The molecule has 1 fully saturated rings. The standard InChI is InChI=1S/C17H23N3O/c1-14-6-5-9-18-16(14)19-10-12-20(13-11-19)17(21)15-7-3-2-4-8-15/h2-3,5-6,9,15H,4,7-8,10-13H2,1H3/t15-/m0/s1. The van der Waals surface area contributed by atoms with Crippen molar-refractivity contribution in [2.45, 2.75) is 26.2 Å². The Kier molecular flexibility index (Phi) is 4.23. The number of nitrogens with zero attached hydrogens (tertiary/aromatic N) is 3. The van der Waals surface area contributed by atoms with Gasteiger partial charge in [0.15, 0.2) is 0 Å². The van der Waals surface area contributed by atoms with Crippen LogP contribution >= 0.6 is 0 Å². The van der Waals surface area contributed by atoms with Gasteiger partial charge in [-0.05, 0) is 37.8 Å². The maximum Gasteiger partial charge on any atom is 0.226 e. The van der Waals surface area contributed by atoms with Gasteiger partial charge in [0.2, 0.25) is 5.91 Å². The Morgan fingerprint density at radius 1 is 1.24 bits per heavy atom. The highest BCUT2D eigenvalue weighted by atomic mass is 16.2. The zero-order valence-electron chi connectivity index (χ0n) is 12.7. The van der Waals surface area contributed by atoms with E-state index in [-0.39, 0.29) is 5.92 Å². The molecule has 21 heavy (non-hydrogen) atoms. The predicted octanol–water partition coefficient (Wildman–Crippen LogP) is 2.39. The Bertz CT molecular complexity index is 533. The fourth-order valence-corrected chi connectivity index (χ4v) is 3.22. The van der Waals surface area contributed by atoms with Gasteiger partial charge in [-0.25, -0.2) is 4.98 Å². The van der Waals surface area contributed by atoms with Crippen LogP contribution in [0.25, 0.3) is 0 Å². The van der Waals surface area contributed by atoms with E-state index in [9.17, 15) is 4.79 Å². The Morgan fingerprint density at radius 3 is 2.71 bits per heavy atom. The van der Waals surface area contributed by atoms with Crippen LogP contribution in [0.3, 0.4) is 0 Å². The summed E-state index contributed by atoms with van der Waals surface area (Å²) in [6, 6.07) is 4.06. The minimum atomic E-state index is 0.207. The molecule has 2 aliphatic rings. The number of aryl methyl sites for hydroxylation is 1. The summed E-state index contributed by atoms with van der Waals surface area (Å²) in [6.45, 7) is 5.48. The molecule has 0 radical (unpaired) electrons. The molecule has 4 nitrogen and oxygen atoms in total. The van der Waals surface area contributed by atoms with Gasteiger partial charge in [0.25, 0.3) is 0 Å². The molecule has 0 saturated carbocycles. The monoisotopic (exact) mass is 285 g/mol. The molecule has 3 rings (SSSR count). The first-order valence-corrected chi connectivity index (χ1v) is 7.86. The van der Waals surface area contributed by atoms with E-state index >= 15 is 0 Å². The van der Waals surface area contributed by atoms with E-state index in [4.69, 9.17) is 0 Å². The molecule has 1 aromatic heterocycles. The third kappa shape index (κ3) is 3.09. The SMILES string of the molecule is Cc1cccnc1N1CCN(C(=O)[C@H]2CC=CCC2)CC1. The number of carbonyl (C=O) groups is 1.